The smallest absolute Gasteiger partial charge is 0.322 e. The SMILES string of the molecule is O=C(Nc1ccns1)N1Cc2ccccc2OC2(CCOCC2)C1. The normalized spacial score (nSPS) is 19.2. The maximum absolute atomic E-state index is 12.8. The Morgan fingerprint density at radius 2 is 2.08 bits per heavy atom. The molecule has 2 aliphatic heterocycles. The first-order chi connectivity index (χ1) is 11.7. The lowest BCUT2D eigenvalue weighted by Gasteiger charge is -2.38. The zero-order valence-electron chi connectivity index (χ0n) is 13.2. The Kier molecular flexibility index (Phi) is 4.12. The third-order valence-corrected chi connectivity index (χ3v) is 5.16. The minimum absolute atomic E-state index is 0.120. The molecular formula is C17H19N3O3S. The van der Waals surface area contributed by atoms with Gasteiger partial charge in [-0.05, 0) is 23.7 Å². The second-order valence-electron chi connectivity index (χ2n) is 6.17. The topological polar surface area (TPSA) is 63.7 Å². The number of aromatic nitrogens is 1. The van der Waals surface area contributed by atoms with E-state index in [2.05, 4.69) is 9.69 Å². The number of ether oxygens (including phenoxy) is 2. The summed E-state index contributed by atoms with van der Waals surface area (Å²) in [5, 5.41) is 3.68. The molecule has 1 spiro atoms. The zero-order chi connectivity index (χ0) is 16.4. The van der Waals surface area contributed by atoms with Crippen LogP contribution in [-0.4, -0.2) is 40.7 Å². The third-order valence-electron chi connectivity index (χ3n) is 4.50. The number of carbonyl (C=O) groups is 1. The molecule has 1 fully saturated rings. The summed E-state index contributed by atoms with van der Waals surface area (Å²) in [5.74, 6) is 0.868. The van der Waals surface area contributed by atoms with E-state index in [0.717, 1.165) is 29.2 Å². The van der Waals surface area contributed by atoms with Crippen LogP contribution in [0.15, 0.2) is 36.5 Å². The van der Waals surface area contributed by atoms with Crippen molar-refractivity contribution in [1.29, 1.82) is 0 Å². The molecule has 0 unspecified atom stereocenters. The highest BCUT2D eigenvalue weighted by molar-refractivity contribution is 7.10. The van der Waals surface area contributed by atoms with Crippen molar-refractivity contribution in [3.63, 3.8) is 0 Å². The summed E-state index contributed by atoms with van der Waals surface area (Å²) in [6.45, 7) is 2.40. The van der Waals surface area contributed by atoms with Crippen molar-refractivity contribution < 1.29 is 14.3 Å². The standard InChI is InChI=1S/C17H19N3O3S/c21-16(19-15-5-8-18-24-15)20-11-13-3-1-2-4-14(13)23-17(12-20)6-9-22-10-7-17/h1-5,8H,6-7,9-12H2,(H,19,21). The van der Waals surface area contributed by atoms with E-state index in [1.165, 1.54) is 11.5 Å². The highest BCUT2D eigenvalue weighted by Crippen LogP contribution is 2.35. The number of benzene rings is 1. The number of hydrogen-bond donors (Lipinski definition) is 1. The summed E-state index contributed by atoms with van der Waals surface area (Å²) in [7, 11) is 0. The van der Waals surface area contributed by atoms with E-state index in [0.29, 0.717) is 26.3 Å². The first-order valence-electron chi connectivity index (χ1n) is 8.05. The van der Waals surface area contributed by atoms with Crippen LogP contribution in [0.25, 0.3) is 0 Å². The number of anilines is 1. The molecule has 0 bridgehead atoms. The Hall–Kier alpha value is -2.12. The molecule has 1 aromatic heterocycles. The van der Waals surface area contributed by atoms with Gasteiger partial charge in [-0.25, -0.2) is 4.79 Å². The number of nitrogens with one attached hydrogen (secondary N) is 1. The van der Waals surface area contributed by atoms with E-state index in [9.17, 15) is 4.79 Å². The fourth-order valence-corrected chi connectivity index (χ4v) is 3.71. The van der Waals surface area contributed by atoms with Gasteiger partial charge in [-0.2, -0.15) is 4.37 Å². The van der Waals surface area contributed by atoms with Crippen LogP contribution in [0.4, 0.5) is 9.80 Å². The van der Waals surface area contributed by atoms with Crippen LogP contribution in [0.1, 0.15) is 18.4 Å². The Balaban J connectivity index is 1.62. The van der Waals surface area contributed by atoms with Gasteiger partial charge in [0.25, 0.3) is 0 Å². The molecule has 0 atom stereocenters. The molecule has 6 nitrogen and oxygen atoms in total. The Morgan fingerprint density at radius 3 is 2.88 bits per heavy atom. The molecule has 7 heteroatoms. The number of urea groups is 1. The first-order valence-corrected chi connectivity index (χ1v) is 8.83. The van der Waals surface area contributed by atoms with E-state index in [1.807, 2.05) is 29.2 Å². The maximum Gasteiger partial charge on any atom is 0.322 e. The monoisotopic (exact) mass is 345 g/mol. The molecule has 4 rings (SSSR count). The van der Waals surface area contributed by atoms with E-state index in [1.54, 1.807) is 12.3 Å². The van der Waals surface area contributed by atoms with Crippen LogP contribution in [0.3, 0.4) is 0 Å². The second kappa shape index (κ2) is 6.41. The molecule has 0 aliphatic carbocycles. The lowest BCUT2D eigenvalue weighted by molar-refractivity contribution is -0.0529. The van der Waals surface area contributed by atoms with Crippen molar-refractivity contribution in [2.45, 2.75) is 25.0 Å². The number of fused-ring (bicyclic) bond motifs is 1. The van der Waals surface area contributed by atoms with Crippen LogP contribution in [0.5, 0.6) is 5.75 Å². The number of hydrogen-bond acceptors (Lipinski definition) is 5. The molecule has 1 saturated heterocycles. The van der Waals surface area contributed by atoms with Gasteiger partial charge in [0.05, 0.1) is 26.3 Å². The van der Waals surface area contributed by atoms with Crippen molar-refractivity contribution in [2.24, 2.45) is 0 Å². The van der Waals surface area contributed by atoms with Crippen LogP contribution >= 0.6 is 11.5 Å². The Morgan fingerprint density at radius 1 is 1.25 bits per heavy atom. The van der Waals surface area contributed by atoms with E-state index in [4.69, 9.17) is 9.47 Å². The highest BCUT2D eigenvalue weighted by Gasteiger charge is 2.40. The quantitative estimate of drug-likeness (QED) is 0.862. The van der Waals surface area contributed by atoms with Crippen LogP contribution in [0, 0.1) is 0 Å². The summed E-state index contributed by atoms with van der Waals surface area (Å²) in [4.78, 5) is 14.6. The van der Waals surface area contributed by atoms with Gasteiger partial charge in [0, 0.05) is 24.6 Å². The molecule has 2 aliphatic rings. The Bertz CT molecular complexity index is 714. The van der Waals surface area contributed by atoms with Gasteiger partial charge >= 0.3 is 6.03 Å². The second-order valence-corrected chi connectivity index (χ2v) is 7.00. The van der Waals surface area contributed by atoms with E-state index in [-0.39, 0.29) is 11.6 Å². The van der Waals surface area contributed by atoms with Crippen LogP contribution in [-0.2, 0) is 11.3 Å². The number of carbonyl (C=O) groups excluding carboxylic acids is 1. The summed E-state index contributed by atoms with van der Waals surface area (Å²) in [5.41, 5.74) is 0.649. The van der Waals surface area contributed by atoms with Gasteiger partial charge in [0.1, 0.15) is 16.4 Å². The Labute approximate surface area is 144 Å². The van der Waals surface area contributed by atoms with Gasteiger partial charge in [0.2, 0.25) is 0 Å². The van der Waals surface area contributed by atoms with Crippen molar-refractivity contribution in [3.05, 3.63) is 42.1 Å². The third kappa shape index (κ3) is 3.09. The number of para-hydroxylation sites is 1. The van der Waals surface area contributed by atoms with Crippen LogP contribution in [0.2, 0.25) is 0 Å². The minimum atomic E-state index is -0.379. The van der Waals surface area contributed by atoms with Gasteiger partial charge in [-0.1, -0.05) is 18.2 Å². The molecule has 2 amide bonds. The van der Waals surface area contributed by atoms with Gasteiger partial charge in [-0.15, -0.1) is 0 Å². The van der Waals surface area contributed by atoms with E-state index >= 15 is 0 Å². The summed E-state index contributed by atoms with van der Waals surface area (Å²) >= 11 is 1.27. The van der Waals surface area contributed by atoms with Crippen LogP contribution < -0.4 is 10.1 Å². The average molecular weight is 345 g/mol. The van der Waals surface area contributed by atoms with Gasteiger partial charge < -0.3 is 14.4 Å². The molecule has 126 valence electrons. The molecule has 1 N–H and O–H groups in total. The number of amides is 2. The molecule has 2 aromatic rings. The minimum Gasteiger partial charge on any atom is -0.485 e. The number of rotatable bonds is 1. The summed E-state index contributed by atoms with van der Waals surface area (Å²) in [6, 6.07) is 9.63. The predicted octanol–water partition coefficient (Wildman–Crippen LogP) is 3.12. The summed E-state index contributed by atoms with van der Waals surface area (Å²) in [6.07, 6.45) is 3.25. The molecular weight excluding hydrogens is 326 g/mol. The molecule has 1 aromatic carbocycles. The predicted molar refractivity (Wildman–Crippen MR) is 91.4 cm³/mol. The summed E-state index contributed by atoms with van der Waals surface area (Å²) < 4.78 is 15.9. The first kappa shape index (κ1) is 15.4. The fourth-order valence-electron chi connectivity index (χ4n) is 3.22. The largest absolute Gasteiger partial charge is 0.485 e. The molecule has 24 heavy (non-hydrogen) atoms. The fraction of sp³-hybridized carbons (Fsp3) is 0.412. The zero-order valence-corrected chi connectivity index (χ0v) is 14.1. The van der Waals surface area contributed by atoms with E-state index < -0.39 is 0 Å². The van der Waals surface area contributed by atoms with Crippen molar-refractivity contribution in [2.75, 3.05) is 25.1 Å². The maximum atomic E-state index is 12.8. The highest BCUT2D eigenvalue weighted by atomic mass is 32.1. The van der Waals surface area contributed by atoms with Crippen molar-refractivity contribution in [3.8, 4) is 5.75 Å². The van der Waals surface area contributed by atoms with Crippen molar-refractivity contribution in [1.82, 2.24) is 9.27 Å². The lowest BCUT2D eigenvalue weighted by Crippen LogP contribution is -2.51. The molecule has 3 heterocycles. The number of nitrogens with zero attached hydrogens (tertiary/aromatic N) is 2. The lowest BCUT2D eigenvalue weighted by atomic mass is 9.93. The molecule has 0 radical (unpaired) electrons. The van der Waals surface area contributed by atoms with Gasteiger partial charge in [-0.3, -0.25) is 5.32 Å². The average Bonchev–Trinajstić information content (AvgIpc) is 3.04. The molecule has 0 saturated carbocycles. The van der Waals surface area contributed by atoms with Crippen molar-refractivity contribution >= 4 is 22.6 Å². The van der Waals surface area contributed by atoms with Gasteiger partial charge in [0.15, 0.2) is 0 Å².